The quantitative estimate of drug-likeness (QED) is 0.601. The highest BCUT2D eigenvalue weighted by molar-refractivity contribution is 7.89. The summed E-state index contributed by atoms with van der Waals surface area (Å²) >= 11 is 0. The molecule has 2 heterocycles. The predicted octanol–water partition coefficient (Wildman–Crippen LogP) is 2.67. The molecule has 1 aliphatic heterocycles. The molecule has 1 amide bonds. The highest BCUT2D eigenvalue weighted by Crippen LogP contribution is 2.23. The van der Waals surface area contributed by atoms with Crippen LogP contribution < -0.4 is 10.1 Å². The predicted molar refractivity (Wildman–Crippen MR) is 123 cm³/mol. The normalized spacial score (nSPS) is 17.7. The van der Waals surface area contributed by atoms with E-state index in [1.807, 2.05) is 12.1 Å². The van der Waals surface area contributed by atoms with Gasteiger partial charge in [-0.15, -0.1) is 0 Å². The summed E-state index contributed by atoms with van der Waals surface area (Å²) in [5.41, 5.74) is 1.83. The first-order chi connectivity index (χ1) is 16.0. The maximum atomic E-state index is 12.7. The van der Waals surface area contributed by atoms with Crippen LogP contribution in [0.3, 0.4) is 0 Å². The van der Waals surface area contributed by atoms with Gasteiger partial charge in [-0.05, 0) is 55.4 Å². The van der Waals surface area contributed by atoms with E-state index in [1.54, 1.807) is 30.5 Å². The summed E-state index contributed by atoms with van der Waals surface area (Å²) in [6.07, 6.45) is 7.48. The molecule has 0 spiro atoms. The molecule has 0 bridgehead atoms. The van der Waals surface area contributed by atoms with Crippen LogP contribution in [0.5, 0.6) is 5.88 Å². The average Bonchev–Trinajstić information content (AvgIpc) is 3.36. The number of pyridine rings is 1. The van der Waals surface area contributed by atoms with Crippen LogP contribution in [-0.4, -0.2) is 56.0 Å². The van der Waals surface area contributed by atoms with Crippen molar-refractivity contribution in [1.29, 1.82) is 0 Å². The lowest BCUT2D eigenvalue weighted by molar-refractivity contribution is -0.121. The maximum absolute atomic E-state index is 12.7. The number of aromatic nitrogens is 1. The first kappa shape index (κ1) is 23.7. The zero-order valence-electron chi connectivity index (χ0n) is 18.7. The summed E-state index contributed by atoms with van der Waals surface area (Å²) in [6.45, 7) is 1.99. The van der Waals surface area contributed by atoms with Crippen molar-refractivity contribution < 1.29 is 22.7 Å². The van der Waals surface area contributed by atoms with Gasteiger partial charge in [0.15, 0.2) is 0 Å². The van der Waals surface area contributed by atoms with Crippen LogP contribution in [0.4, 0.5) is 0 Å². The number of amides is 1. The summed E-state index contributed by atoms with van der Waals surface area (Å²) < 4.78 is 37.9. The lowest BCUT2D eigenvalue weighted by Gasteiger charge is -2.26. The molecule has 2 aliphatic rings. The van der Waals surface area contributed by atoms with Gasteiger partial charge in [-0.3, -0.25) is 4.79 Å². The largest absolute Gasteiger partial charge is 0.474 e. The SMILES string of the molecule is O=C(CCc1ccc(S(=O)(=O)N2CCOCC2)cc1)NCc1ccc(OC2CCCC2)nc1. The Kier molecular flexibility index (Phi) is 7.95. The van der Waals surface area contributed by atoms with E-state index in [1.165, 1.54) is 17.1 Å². The van der Waals surface area contributed by atoms with Crippen molar-refractivity contribution in [3.05, 3.63) is 53.7 Å². The molecule has 1 N–H and O–H groups in total. The lowest BCUT2D eigenvalue weighted by Crippen LogP contribution is -2.40. The van der Waals surface area contributed by atoms with Crippen molar-refractivity contribution in [2.24, 2.45) is 0 Å². The Morgan fingerprint density at radius 1 is 1.06 bits per heavy atom. The van der Waals surface area contributed by atoms with Crippen LogP contribution >= 0.6 is 0 Å². The van der Waals surface area contributed by atoms with Gasteiger partial charge in [-0.2, -0.15) is 4.31 Å². The molecule has 2 fully saturated rings. The standard InChI is InChI=1S/C24H31N3O5S/c28-23(25-17-20-8-12-24(26-18-20)32-21-3-1-2-4-21)11-7-19-5-9-22(10-6-19)33(29,30)27-13-15-31-16-14-27/h5-6,8-10,12,18,21H,1-4,7,11,13-17H2,(H,25,28). The first-order valence-corrected chi connectivity index (χ1v) is 13.0. The average molecular weight is 474 g/mol. The van der Waals surface area contributed by atoms with Crippen molar-refractivity contribution in [3.8, 4) is 5.88 Å². The number of ether oxygens (including phenoxy) is 2. The molecular weight excluding hydrogens is 442 g/mol. The molecule has 2 aromatic rings. The molecule has 0 radical (unpaired) electrons. The van der Waals surface area contributed by atoms with E-state index in [2.05, 4.69) is 10.3 Å². The third kappa shape index (κ3) is 6.52. The number of hydrogen-bond donors (Lipinski definition) is 1. The zero-order chi connectivity index (χ0) is 23.1. The molecule has 1 aromatic heterocycles. The summed E-state index contributed by atoms with van der Waals surface area (Å²) in [4.78, 5) is 16.9. The molecule has 4 rings (SSSR count). The Bertz CT molecular complexity index is 1010. The van der Waals surface area contributed by atoms with Crippen molar-refractivity contribution in [2.75, 3.05) is 26.3 Å². The lowest BCUT2D eigenvalue weighted by atomic mass is 10.1. The van der Waals surface area contributed by atoms with Gasteiger partial charge in [-0.1, -0.05) is 18.2 Å². The zero-order valence-corrected chi connectivity index (χ0v) is 19.6. The van der Waals surface area contributed by atoms with E-state index in [0.29, 0.717) is 51.6 Å². The fraction of sp³-hybridized carbons (Fsp3) is 0.500. The van der Waals surface area contributed by atoms with Gasteiger partial charge in [0.05, 0.1) is 18.1 Å². The second kappa shape index (κ2) is 11.1. The minimum Gasteiger partial charge on any atom is -0.474 e. The van der Waals surface area contributed by atoms with Gasteiger partial charge < -0.3 is 14.8 Å². The number of sulfonamides is 1. The minimum absolute atomic E-state index is 0.0636. The van der Waals surface area contributed by atoms with Crippen LogP contribution in [0.25, 0.3) is 0 Å². The fourth-order valence-electron chi connectivity index (χ4n) is 4.07. The van der Waals surface area contributed by atoms with Gasteiger partial charge in [0.2, 0.25) is 21.8 Å². The van der Waals surface area contributed by atoms with Crippen LogP contribution in [-0.2, 0) is 32.5 Å². The van der Waals surface area contributed by atoms with E-state index in [9.17, 15) is 13.2 Å². The molecule has 0 unspecified atom stereocenters. The molecule has 1 saturated carbocycles. The molecule has 33 heavy (non-hydrogen) atoms. The van der Waals surface area contributed by atoms with Gasteiger partial charge in [0.1, 0.15) is 6.10 Å². The number of morpholine rings is 1. The van der Waals surface area contributed by atoms with Crippen LogP contribution in [0.2, 0.25) is 0 Å². The Labute approximate surface area is 195 Å². The minimum atomic E-state index is -3.50. The number of hydrogen-bond acceptors (Lipinski definition) is 6. The number of rotatable bonds is 9. The van der Waals surface area contributed by atoms with Crippen LogP contribution in [0.1, 0.15) is 43.2 Å². The molecule has 8 nitrogen and oxygen atoms in total. The van der Waals surface area contributed by atoms with Crippen LogP contribution in [0.15, 0.2) is 47.5 Å². The first-order valence-electron chi connectivity index (χ1n) is 11.6. The Balaban J connectivity index is 1.21. The Morgan fingerprint density at radius 3 is 2.42 bits per heavy atom. The number of carbonyl (C=O) groups excluding carboxylic acids is 1. The van der Waals surface area contributed by atoms with E-state index in [0.717, 1.165) is 24.0 Å². The van der Waals surface area contributed by atoms with Crippen LogP contribution in [0, 0.1) is 0 Å². The Morgan fingerprint density at radius 2 is 1.76 bits per heavy atom. The monoisotopic (exact) mass is 473 g/mol. The van der Waals surface area contributed by atoms with Crippen molar-refractivity contribution >= 4 is 15.9 Å². The van der Waals surface area contributed by atoms with Gasteiger partial charge >= 0.3 is 0 Å². The van der Waals surface area contributed by atoms with E-state index >= 15 is 0 Å². The number of aryl methyl sites for hydroxylation is 1. The van der Waals surface area contributed by atoms with Crippen molar-refractivity contribution in [1.82, 2.24) is 14.6 Å². The highest BCUT2D eigenvalue weighted by Gasteiger charge is 2.26. The number of nitrogens with zero attached hydrogens (tertiary/aromatic N) is 2. The van der Waals surface area contributed by atoms with Gasteiger partial charge in [0.25, 0.3) is 0 Å². The fourth-order valence-corrected chi connectivity index (χ4v) is 5.48. The Hall–Kier alpha value is -2.49. The maximum Gasteiger partial charge on any atom is 0.243 e. The van der Waals surface area contributed by atoms with E-state index in [4.69, 9.17) is 9.47 Å². The smallest absolute Gasteiger partial charge is 0.243 e. The summed E-state index contributed by atoms with van der Waals surface area (Å²) in [5, 5.41) is 2.91. The highest BCUT2D eigenvalue weighted by atomic mass is 32.2. The van der Waals surface area contributed by atoms with Crippen molar-refractivity contribution in [2.45, 2.75) is 56.1 Å². The molecule has 9 heteroatoms. The number of carbonyl (C=O) groups is 1. The summed E-state index contributed by atoms with van der Waals surface area (Å²) in [6, 6.07) is 10.5. The molecule has 0 atom stereocenters. The van der Waals surface area contributed by atoms with Gasteiger partial charge in [-0.25, -0.2) is 13.4 Å². The third-order valence-corrected chi connectivity index (χ3v) is 7.96. The topological polar surface area (TPSA) is 97.8 Å². The third-order valence-electron chi connectivity index (χ3n) is 6.05. The summed E-state index contributed by atoms with van der Waals surface area (Å²) in [5.74, 6) is 0.572. The summed E-state index contributed by atoms with van der Waals surface area (Å²) in [7, 11) is -3.50. The number of benzene rings is 1. The van der Waals surface area contributed by atoms with Crippen molar-refractivity contribution in [3.63, 3.8) is 0 Å². The molecule has 178 valence electrons. The second-order valence-corrected chi connectivity index (χ2v) is 10.4. The number of nitrogens with one attached hydrogen (secondary N) is 1. The van der Waals surface area contributed by atoms with E-state index < -0.39 is 10.0 Å². The van der Waals surface area contributed by atoms with E-state index in [-0.39, 0.29) is 16.9 Å². The molecule has 1 aromatic carbocycles. The molecular formula is C24H31N3O5S. The molecule has 1 saturated heterocycles. The second-order valence-electron chi connectivity index (χ2n) is 8.47. The van der Waals surface area contributed by atoms with Gasteiger partial charge in [0, 0.05) is 38.3 Å². The molecule has 1 aliphatic carbocycles.